The van der Waals surface area contributed by atoms with Crippen molar-refractivity contribution in [1.29, 1.82) is 0 Å². The Labute approximate surface area is 100 Å². The molecule has 1 aromatic carbocycles. The van der Waals surface area contributed by atoms with E-state index in [4.69, 9.17) is 11.5 Å². The van der Waals surface area contributed by atoms with E-state index in [1.54, 1.807) is 0 Å². The van der Waals surface area contributed by atoms with Gasteiger partial charge >= 0.3 is 12.3 Å². The average molecular weight is 261 g/mol. The lowest BCUT2D eigenvalue weighted by atomic mass is 10.1. The van der Waals surface area contributed by atoms with Gasteiger partial charge in [-0.05, 0) is 17.7 Å². The maximum atomic E-state index is 12.4. The van der Waals surface area contributed by atoms with Crippen molar-refractivity contribution in [2.24, 2.45) is 16.5 Å². The summed E-state index contributed by atoms with van der Waals surface area (Å²) >= 11 is 0. The first kappa shape index (κ1) is 13.8. The number of benzene rings is 1. The lowest BCUT2D eigenvalue weighted by Crippen LogP contribution is -2.24. The Morgan fingerprint density at radius 1 is 1.33 bits per heavy atom. The average Bonchev–Trinajstić information content (AvgIpc) is 2.25. The zero-order chi connectivity index (χ0) is 13.8. The van der Waals surface area contributed by atoms with Crippen LogP contribution in [0.25, 0.3) is 0 Å². The standard InChI is InChI=1S/C10H10F3N3O2/c11-10(12,13)7-3-1-2-6(4-7)5-18-9(17)16-8(14)15/h1-4H,5H2,(H4,14,15,16,17). The van der Waals surface area contributed by atoms with Gasteiger partial charge in [-0.25, -0.2) is 4.79 Å². The third-order valence-electron chi connectivity index (χ3n) is 1.84. The molecule has 8 heteroatoms. The molecule has 0 radical (unpaired) electrons. The Balaban J connectivity index is 2.69. The minimum Gasteiger partial charge on any atom is -0.443 e. The second-order valence-electron chi connectivity index (χ2n) is 3.29. The van der Waals surface area contributed by atoms with E-state index in [9.17, 15) is 18.0 Å². The maximum absolute atomic E-state index is 12.4. The van der Waals surface area contributed by atoms with E-state index in [-0.39, 0.29) is 12.2 Å². The molecule has 0 atom stereocenters. The van der Waals surface area contributed by atoms with Crippen LogP contribution in [0.3, 0.4) is 0 Å². The van der Waals surface area contributed by atoms with Crippen molar-refractivity contribution in [3.63, 3.8) is 0 Å². The third kappa shape index (κ3) is 4.32. The van der Waals surface area contributed by atoms with E-state index in [2.05, 4.69) is 9.73 Å². The van der Waals surface area contributed by atoms with Gasteiger partial charge in [0.1, 0.15) is 6.61 Å². The van der Waals surface area contributed by atoms with E-state index >= 15 is 0 Å². The van der Waals surface area contributed by atoms with Gasteiger partial charge in [0.2, 0.25) is 0 Å². The van der Waals surface area contributed by atoms with Crippen molar-refractivity contribution in [2.75, 3.05) is 0 Å². The van der Waals surface area contributed by atoms with Crippen LogP contribution in [0.2, 0.25) is 0 Å². The minimum atomic E-state index is -4.44. The van der Waals surface area contributed by atoms with Crippen molar-refractivity contribution in [3.8, 4) is 0 Å². The van der Waals surface area contributed by atoms with Crippen molar-refractivity contribution in [3.05, 3.63) is 35.4 Å². The molecule has 1 rings (SSSR count). The molecule has 98 valence electrons. The van der Waals surface area contributed by atoms with E-state index in [0.717, 1.165) is 12.1 Å². The number of rotatable bonds is 2. The quantitative estimate of drug-likeness (QED) is 0.625. The van der Waals surface area contributed by atoms with Crippen LogP contribution >= 0.6 is 0 Å². The van der Waals surface area contributed by atoms with Crippen LogP contribution in [0, 0.1) is 0 Å². The van der Waals surface area contributed by atoms with Gasteiger partial charge < -0.3 is 16.2 Å². The summed E-state index contributed by atoms with van der Waals surface area (Å²) in [4.78, 5) is 14.0. The number of nitrogens with zero attached hydrogens (tertiary/aromatic N) is 1. The Hall–Kier alpha value is -2.25. The summed E-state index contributed by atoms with van der Waals surface area (Å²) in [5.41, 5.74) is 9.21. The predicted molar refractivity (Wildman–Crippen MR) is 57.4 cm³/mol. The van der Waals surface area contributed by atoms with Gasteiger partial charge in [0, 0.05) is 0 Å². The number of hydrogen-bond acceptors (Lipinski definition) is 2. The van der Waals surface area contributed by atoms with Gasteiger partial charge in [0.05, 0.1) is 5.56 Å². The van der Waals surface area contributed by atoms with E-state index in [1.165, 1.54) is 12.1 Å². The van der Waals surface area contributed by atoms with Gasteiger partial charge in [-0.3, -0.25) is 0 Å². The normalized spacial score (nSPS) is 10.8. The molecule has 5 nitrogen and oxygen atoms in total. The Bertz CT molecular complexity index is 468. The number of amides is 1. The molecule has 0 saturated carbocycles. The summed E-state index contributed by atoms with van der Waals surface area (Å²) in [6.45, 7) is -0.348. The summed E-state index contributed by atoms with van der Waals surface area (Å²) < 4.78 is 41.7. The second-order valence-corrected chi connectivity index (χ2v) is 3.29. The molecule has 0 saturated heterocycles. The Kier molecular flexibility index (Phi) is 4.13. The zero-order valence-electron chi connectivity index (χ0n) is 9.07. The first-order valence-electron chi connectivity index (χ1n) is 4.71. The molecule has 0 unspecified atom stereocenters. The van der Waals surface area contributed by atoms with Crippen LogP contribution in [0.4, 0.5) is 18.0 Å². The number of carbonyl (C=O) groups excluding carboxylic acids is 1. The molecule has 4 N–H and O–H groups in total. The lowest BCUT2D eigenvalue weighted by Gasteiger charge is -2.08. The number of ether oxygens (including phenoxy) is 1. The molecular formula is C10H10F3N3O2. The zero-order valence-corrected chi connectivity index (χ0v) is 9.07. The highest BCUT2D eigenvalue weighted by molar-refractivity contribution is 5.87. The van der Waals surface area contributed by atoms with Crippen LogP contribution in [-0.2, 0) is 17.5 Å². The largest absolute Gasteiger partial charge is 0.443 e. The van der Waals surface area contributed by atoms with Crippen molar-refractivity contribution < 1.29 is 22.7 Å². The molecule has 0 heterocycles. The van der Waals surface area contributed by atoms with E-state index < -0.39 is 23.8 Å². The van der Waals surface area contributed by atoms with Crippen molar-refractivity contribution >= 4 is 12.1 Å². The summed E-state index contributed by atoms with van der Waals surface area (Å²) in [5.74, 6) is -0.482. The maximum Gasteiger partial charge on any atom is 0.437 e. The summed E-state index contributed by atoms with van der Waals surface area (Å²) in [6.07, 6.45) is -5.51. The highest BCUT2D eigenvalue weighted by Crippen LogP contribution is 2.29. The highest BCUT2D eigenvalue weighted by Gasteiger charge is 2.30. The van der Waals surface area contributed by atoms with Crippen molar-refractivity contribution in [1.82, 2.24) is 0 Å². The highest BCUT2D eigenvalue weighted by atomic mass is 19.4. The molecule has 1 aromatic rings. The topological polar surface area (TPSA) is 90.7 Å². The van der Waals surface area contributed by atoms with Gasteiger partial charge in [-0.1, -0.05) is 12.1 Å². The van der Waals surface area contributed by atoms with Crippen LogP contribution in [0.1, 0.15) is 11.1 Å². The van der Waals surface area contributed by atoms with Crippen molar-refractivity contribution in [2.45, 2.75) is 12.8 Å². The molecule has 0 aromatic heterocycles. The van der Waals surface area contributed by atoms with Gasteiger partial charge in [0.25, 0.3) is 0 Å². The summed E-state index contributed by atoms with van der Waals surface area (Å²) in [5, 5.41) is 0. The molecule has 0 spiro atoms. The Morgan fingerprint density at radius 2 is 2.00 bits per heavy atom. The molecule has 0 aliphatic carbocycles. The molecular weight excluding hydrogens is 251 g/mol. The number of hydrogen-bond donors (Lipinski definition) is 2. The number of guanidine groups is 1. The number of halogens is 3. The van der Waals surface area contributed by atoms with E-state index in [1.807, 2.05) is 0 Å². The van der Waals surface area contributed by atoms with E-state index in [0.29, 0.717) is 0 Å². The number of carbonyl (C=O) groups is 1. The van der Waals surface area contributed by atoms with Crippen LogP contribution in [0.5, 0.6) is 0 Å². The molecule has 0 fully saturated rings. The molecule has 0 aliphatic heterocycles. The minimum absolute atomic E-state index is 0.184. The van der Waals surface area contributed by atoms with Gasteiger partial charge in [-0.2, -0.15) is 13.2 Å². The predicted octanol–water partition coefficient (Wildman–Crippen LogP) is 1.62. The number of nitrogens with two attached hydrogens (primary N) is 2. The van der Waals surface area contributed by atoms with Crippen LogP contribution in [-0.4, -0.2) is 12.1 Å². The fraction of sp³-hybridized carbons (Fsp3) is 0.200. The smallest absolute Gasteiger partial charge is 0.437 e. The molecule has 18 heavy (non-hydrogen) atoms. The Morgan fingerprint density at radius 3 is 2.56 bits per heavy atom. The monoisotopic (exact) mass is 261 g/mol. The second kappa shape index (κ2) is 5.39. The first-order valence-corrected chi connectivity index (χ1v) is 4.71. The summed E-state index contributed by atoms with van der Waals surface area (Å²) in [6, 6.07) is 4.40. The van der Waals surface area contributed by atoms with Gasteiger partial charge in [-0.15, -0.1) is 4.99 Å². The van der Waals surface area contributed by atoms with Crippen LogP contribution < -0.4 is 11.5 Å². The third-order valence-corrected chi connectivity index (χ3v) is 1.84. The first-order chi connectivity index (χ1) is 8.29. The fourth-order valence-corrected chi connectivity index (χ4v) is 1.12. The number of aliphatic imine (C=N–C) groups is 1. The molecule has 1 amide bonds. The summed E-state index contributed by atoms with van der Waals surface area (Å²) in [7, 11) is 0. The lowest BCUT2D eigenvalue weighted by molar-refractivity contribution is -0.137. The molecule has 0 aliphatic rings. The molecule has 0 bridgehead atoms. The number of alkyl halides is 3. The van der Waals surface area contributed by atoms with Crippen LogP contribution in [0.15, 0.2) is 29.3 Å². The fourth-order valence-electron chi connectivity index (χ4n) is 1.12. The SMILES string of the molecule is NC(N)=NC(=O)OCc1cccc(C(F)(F)F)c1. The van der Waals surface area contributed by atoms with Gasteiger partial charge in [0.15, 0.2) is 5.96 Å².